The van der Waals surface area contributed by atoms with E-state index < -0.39 is 0 Å². The minimum atomic E-state index is -0.189. The smallest absolute Gasteiger partial charge is 0.225 e. The number of nitrogens with one attached hydrogen (secondary N) is 1. The van der Waals surface area contributed by atoms with Crippen LogP contribution in [0, 0.1) is 0 Å². The maximum Gasteiger partial charge on any atom is 0.225 e. The molecule has 1 aromatic carbocycles. The molecular formula is C20H29N3O. The first kappa shape index (κ1) is 18.2. The van der Waals surface area contributed by atoms with Gasteiger partial charge in [-0.05, 0) is 32.8 Å². The molecule has 0 unspecified atom stereocenters. The predicted molar refractivity (Wildman–Crippen MR) is 99.3 cm³/mol. The van der Waals surface area contributed by atoms with Crippen molar-refractivity contribution >= 4 is 11.7 Å². The van der Waals surface area contributed by atoms with Gasteiger partial charge in [-0.2, -0.15) is 5.10 Å². The van der Waals surface area contributed by atoms with E-state index in [2.05, 4.69) is 46.9 Å². The van der Waals surface area contributed by atoms with E-state index in [0.29, 0.717) is 6.42 Å². The number of rotatable bonds is 4. The lowest BCUT2D eigenvalue weighted by Crippen LogP contribution is -2.27. The van der Waals surface area contributed by atoms with E-state index in [1.807, 2.05) is 41.1 Å². The normalized spacial score (nSPS) is 12.2. The molecule has 0 spiro atoms. The molecule has 2 rings (SSSR count). The van der Waals surface area contributed by atoms with Crippen molar-refractivity contribution < 1.29 is 4.79 Å². The second-order valence-corrected chi connectivity index (χ2v) is 8.28. The van der Waals surface area contributed by atoms with Crippen molar-refractivity contribution in [3.05, 3.63) is 47.7 Å². The van der Waals surface area contributed by atoms with Crippen molar-refractivity contribution in [1.82, 2.24) is 9.78 Å². The summed E-state index contributed by atoms with van der Waals surface area (Å²) in [5, 5.41) is 7.77. The zero-order valence-electron chi connectivity index (χ0n) is 15.7. The van der Waals surface area contributed by atoms with E-state index in [1.54, 1.807) is 0 Å². The van der Waals surface area contributed by atoms with Crippen LogP contribution < -0.4 is 5.32 Å². The fraction of sp³-hybridized carbons (Fsp3) is 0.500. The first-order valence-corrected chi connectivity index (χ1v) is 8.52. The Morgan fingerprint density at radius 2 is 1.71 bits per heavy atom. The number of aromatic nitrogens is 2. The van der Waals surface area contributed by atoms with E-state index in [-0.39, 0.29) is 16.9 Å². The lowest BCUT2D eigenvalue weighted by molar-refractivity contribution is -0.116. The number of carbonyl (C=O) groups is 1. The fourth-order valence-electron chi connectivity index (χ4n) is 2.46. The Hall–Kier alpha value is -2.10. The lowest BCUT2D eigenvalue weighted by Gasteiger charge is -2.23. The van der Waals surface area contributed by atoms with Crippen molar-refractivity contribution in [3.8, 4) is 0 Å². The second kappa shape index (κ2) is 6.80. The molecule has 4 heteroatoms. The van der Waals surface area contributed by atoms with Gasteiger partial charge in [0.2, 0.25) is 5.91 Å². The zero-order chi connectivity index (χ0) is 18.0. The number of nitrogens with zero attached hydrogens (tertiary/aromatic N) is 2. The average Bonchev–Trinajstić information content (AvgIpc) is 2.90. The fourth-order valence-corrected chi connectivity index (χ4v) is 2.46. The average molecular weight is 327 g/mol. The summed E-state index contributed by atoms with van der Waals surface area (Å²) < 4.78 is 1.91. The summed E-state index contributed by atoms with van der Waals surface area (Å²) in [7, 11) is 0. The maximum absolute atomic E-state index is 12.4. The highest BCUT2D eigenvalue weighted by atomic mass is 16.1. The molecule has 0 radical (unpaired) electrons. The van der Waals surface area contributed by atoms with Crippen LogP contribution in [0.25, 0.3) is 0 Å². The monoisotopic (exact) mass is 327 g/mol. The number of amides is 1. The molecule has 130 valence electrons. The van der Waals surface area contributed by atoms with Gasteiger partial charge in [-0.1, -0.05) is 51.1 Å². The first-order chi connectivity index (χ1) is 11.1. The SMILES string of the molecule is CC(C)(C)c1cc(NC(=O)CCc2ccccc2)n(C(C)(C)C)n1. The van der Waals surface area contributed by atoms with Gasteiger partial charge >= 0.3 is 0 Å². The van der Waals surface area contributed by atoms with E-state index in [9.17, 15) is 4.79 Å². The largest absolute Gasteiger partial charge is 0.311 e. The Kier molecular flexibility index (Phi) is 5.16. The molecule has 4 nitrogen and oxygen atoms in total. The number of carbonyl (C=O) groups excluding carboxylic acids is 1. The molecule has 1 amide bonds. The summed E-state index contributed by atoms with van der Waals surface area (Å²) in [5.74, 6) is 0.787. The van der Waals surface area contributed by atoms with Gasteiger partial charge in [0.05, 0.1) is 11.2 Å². The molecule has 1 heterocycles. The number of hydrogen-bond acceptors (Lipinski definition) is 2. The van der Waals surface area contributed by atoms with E-state index in [4.69, 9.17) is 5.10 Å². The zero-order valence-corrected chi connectivity index (χ0v) is 15.7. The Morgan fingerprint density at radius 3 is 2.25 bits per heavy atom. The Labute approximate surface area is 145 Å². The van der Waals surface area contributed by atoms with Crippen LogP contribution in [0.15, 0.2) is 36.4 Å². The van der Waals surface area contributed by atoms with Crippen LogP contribution in [0.2, 0.25) is 0 Å². The number of hydrogen-bond donors (Lipinski definition) is 1. The lowest BCUT2D eigenvalue weighted by atomic mass is 9.92. The van der Waals surface area contributed by atoms with Crippen LogP contribution in [-0.2, 0) is 22.2 Å². The Bertz CT molecular complexity index is 688. The van der Waals surface area contributed by atoms with Crippen LogP contribution in [0.3, 0.4) is 0 Å². The highest BCUT2D eigenvalue weighted by molar-refractivity contribution is 5.90. The van der Waals surface area contributed by atoms with E-state index in [1.165, 1.54) is 5.56 Å². The van der Waals surface area contributed by atoms with Gasteiger partial charge in [-0.25, -0.2) is 4.68 Å². The topological polar surface area (TPSA) is 46.9 Å². The summed E-state index contributed by atoms with van der Waals surface area (Å²) in [6.45, 7) is 12.7. The molecular weight excluding hydrogens is 298 g/mol. The van der Waals surface area contributed by atoms with Crippen LogP contribution in [0.5, 0.6) is 0 Å². The number of aryl methyl sites for hydroxylation is 1. The third-order valence-electron chi connectivity index (χ3n) is 3.86. The molecule has 2 aromatic rings. The van der Waals surface area contributed by atoms with Crippen molar-refractivity contribution in [2.75, 3.05) is 5.32 Å². The molecule has 0 aliphatic rings. The summed E-state index contributed by atoms with van der Waals surface area (Å²) in [5.41, 5.74) is 1.91. The van der Waals surface area contributed by atoms with Gasteiger partial charge in [-0.3, -0.25) is 4.79 Å². The standard InChI is InChI=1S/C20H29N3O/c1-19(2,3)16-14-17(23(22-16)20(4,5)6)21-18(24)13-12-15-10-8-7-9-11-15/h7-11,14H,12-13H2,1-6H3,(H,21,24). The maximum atomic E-state index is 12.4. The molecule has 24 heavy (non-hydrogen) atoms. The molecule has 1 aromatic heterocycles. The third kappa shape index (κ3) is 4.70. The summed E-state index contributed by atoms with van der Waals surface area (Å²) >= 11 is 0. The van der Waals surface area contributed by atoms with Gasteiger partial charge in [0.15, 0.2) is 0 Å². The Morgan fingerprint density at radius 1 is 1.08 bits per heavy atom. The van der Waals surface area contributed by atoms with Gasteiger partial charge in [0.25, 0.3) is 0 Å². The molecule has 1 N–H and O–H groups in total. The molecule has 0 saturated carbocycles. The van der Waals surface area contributed by atoms with E-state index in [0.717, 1.165) is 17.9 Å². The van der Waals surface area contributed by atoms with Gasteiger partial charge in [0.1, 0.15) is 5.82 Å². The highest BCUT2D eigenvalue weighted by Gasteiger charge is 2.25. The van der Waals surface area contributed by atoms with Crippen LogP contribution in [0.1, 0.15) is 59.2 Å². The minimum absolute atomic E-state index is 0.0183. The molecule has 0 aliphatic heterocycles. The van der Waals surface area contributed by atoms with E-state index >= 15 is 0 Å². The predicted octanol–water partition coefficient (Wildman–Crippen LogP) is 4.51. The number of anilines is 1. The van der Waals surface area contributed by atoms with Gasteiger partial charge in [0, 0.05) is 17.9 Å². The van der Waals surface area contributed by atoms with Crippen molar-refractivity contribution in [1.29, 1.82) is 0 Å². The van der Waals surface area contributed by atoms with Crippen molar-refractivity contribution in [2.24, 2.45) is 0 Å². The van der Waals surface area contributed by atoms with Crippen molar-refractivity contribution in [3.63, 3.8) is 0 Å². The van der Waals surface area contributed by atoms with Crippen molar-refractivity contribution in [2.45, 2.75) is 65.3 Å². The second-order valence-electron chi connectivity index (χ2n) is 8.28. The summed E-state index contributed by atoms with van der Waals surface area (Å²) in [4.78, 5) is 12.4. The minimum Gasteiger partial charge on any atom is -0.311 e. The highest BCUT2D eigenvalue weighted by Crippen LogP contribution is 2.28. The quantitative estimate of drug-likeness (QED) is 0.898. The van der Waals surface area contributed by atoms with Gasteiger partial charge in [-0.15, -0.1) is 0 Å². The molecule has 0 bridgehead atoms. The molecule has 0 saturated heterocycles. The van der Waals surface area contributed by atoms with Crippen LogP contribution in [0.4, 0.5) is 5.82 Å². The van der Waals surface area contributed by atoms with Gasteiger partial charge < -0.3 is 5.32 Å². The summed E-state index contributed by atoms with van der Waals surface area (Å²) in [6.07, 6.45) is 1.20. The van der Waals surface area contributed by atoms with Crippen LogP contribution in [-0.4, -0.2) is 15.7 Å². The summed E-state index contributed by atoms with van der Waals surface area (Å²) in [6, 6.07) is 12.1. The Balaban J connectivity index is 2.13. The number of benzene rings is 1. The molecule has 0 fully saturated rings. The third-order valence-corrected chi connectivity index (χ3v) is 3.86. The first-order valence-electron chi connectivity index (χ1n) is 8.52. The molecule has 0 atom stereocenters. The van der Waals surface area contributed by atoms with Crippen LogP contribution >= 0.6 is 0 Å². The molecule has 0 aliphatic carbocycles.